The third-order valence-corrected chi connectivity index (χ3v) is 8.06. The van der Waals surface area contributed by atoms with Crippen LogP contribution < -0.4 is 5.32 Å². The van der Waals surface area contributed by atoms with Crippen LogP contribution in [-0.4, -0.2) is 46.1 Å². The van der Waals surface area contributed by atoms with Crippen molar-refractivity contribution < 1.29 is 20.1 Å². The Labute approximate surface area is 260 Å². The predicted molar refractivity (Wildman–Crippen MR) is 181 cm³/mol. The van der Waals surface area contributed by atoms with Crippen molar-refractivity contribution in [2.24, 2.45) is 0 Å². The lowest BCUT2D eigenvalue weighted by Crippen LogP contribution is -2.48. The molecule has 0 aliphatic rings. The SMILES string of the molecule is C/C=C/CC/C=C/CC/C=C/C(O)C(CO)NC(=O)C(O)CCCCCCCCCCCCCCCCCCCCC. The Balaban J connectivity index is 3.68. The molecule has 0 aromatic carbocycles. The number of unbranched alkanes of at least 4 members (excludes halogenated alkanes) is 20. The second kappa shape index (κ2) is 32.5. The summed E-state index contributed by atoms with van der Waals surface area (Å²) in [6, 6.07) is -0.815. The van der Waals surface area contributed by atoms with Gasteiger partial charge in [0.2, 0.25) is 5.91 Å². The first kappa shape index (κ1) is 40.6. The minimum atomic E-state index is -1.10. The minimum absolute atomic E-state index is 0.381. The second-order valence-corrected chi connectivity index (χ2v) is 12.1. The molecule has 0 aliphatic carbocycles. The molecule has 5 heteroatoms. The van der Waals surface area contributed by atoms with Crippen LogP contribution in [0.15, 0.2) is 36.5 Å². The molecule has 0 saturated heterocycles. The normalized spacial score (nSPS) is 14.3. The van der Waals surface area contributed by atoms with Gasteiger partial charge in [-0.2, -0.15) is 0 Å². The lowest BCUT2D eigenvalue weighted by atomic mass is 10.0. The Kier molecular flexibility index (Phi) is 31.4. The largest absolute Gasteiger partial charge is 0.394 e. The summed E-state index contributed by atoms with van der Waals surface area (Å²) in [5.41, 5.74) is 0. The van der Waals surface area contributed by atoms with Gasteiger partial charge in [-0.25, -0.2) is 0 Å². The Morgan fingerprint density at radius 3 is 1.45 bits per heavy atom. The molecule has 1 amide bonds. The fraction of sp³-hybridized carbons (Fsp3) is 0.811. The van der Waals surface area contributed by atoms with Crippen molar-refractivity contribution in [2.75, 3.05) is 6.61 Å². The standard InChI is InChI=1S/C37H69NO4/c1-3-5-7-9-11-13-14-15-16-17-18-19-20-21-22-24-26-28-30-32-36(41)37(42)38-34(33-39)35(40)31-29-27-25-23-12-10-8-6-4-2/h4,6,12,23,29,31,34-36,39-41H,3,5,7-11,13-22,24-28,30,32-33H2,1-2H3,(H,38,42)/b6-4+,23-12+,31-29+. The number of nitrogens with one attached hydrogen (secondary N) is 1. The third-order valence-electron chi connectivity index (χ3n) is 8.06. The van der Waals surface area contributed by atoms with Crippen LogP contribution in [0, 0.1) is 0 Å². The van der Waals surface area contributed by atoms with E-state index in [2.05, 4.69) is 36.5 Å². The van der Waals surface area contributed by atoms with Crippen LogP contribution in [0.4, 0.5) is 0 Å². The number of hydrogen-bond donors (Lipinski definition) is 4. The van der Waals surface area contributed by atoms with Gasteiger partial charge in [0.25, 0.3) is 0 Å². The molecule has 0 radical (unpaired) electrons. The minimum Gasteiger partial charge on any atom is -0.394 e. The van der Waals surface area contributed by atoms with Crippen molar-refractivity contribution in [3.63, 3.8) is 0 Å². The van der Waals surface area contributed by atoms with Crippen molar-refractivity contribution in [1.82, 2.24) is 5.32 Å². The summed E-state index contributed by atoms with van der Waals surface area (Å²) in [5, 5.41) is 32.8. The van der Waals surface area contributed by atoms with Crippen LogP contribution in [0.5, 0.6) is 0 Å². The average molecular weight is 592 g/mol. The Bertz CT molecular complexity index is 660. The highest BCUT2D eigenvalue weighted by molar-refractivity contribution is 5.80. The van der Waals surface area contributed by atoms with Crippen LogP contribution in [0.25, 0.3) is 0 Å². The molecule has 42 heavy (non-hydrogen) atoms. The van der Waals surface area contributed by atoms with E-state index in [0.29, 0.717) is 6.42 Å². The summed E-state index contributed by atoms with van der Waals surface area (Å²) in [6.45, 7) is 3.92. The van der Waals surface area contributed by atoms with Gasteiger partial charge in [0.05, 0.1) is 18.8 Å². The van der Waals surface area contributed by atoms with Crippen molar-refractivity contribution in [3.05, 3.63) is 36.5 Å². The number of carbonyl (C=O) groups is 1. The van der Waals surface area contributed by atoms with E-state index in [1.807, 2.05) is 13.0 Å². The molecule has 0 aromatic rings. The highest BCUT2D eigenvalue weighted by atomic mass is 16.3. The summed E-state index contributed by atoms with van der Waals surface area (Å²) in [4.78, 5) is 12.3. The Morgan fingerprint density at radius 1 is 0.619 bits per heavy atom. The molecule has 0 fully saturated rings. The molecule has 0 aromatic heterocycles. The molecule has 3 unspecified atom stereocenters. The zero-order valence-corrected chi connectivity index (χ0v) is 27.6. The lowest BCUT2D eigenvalue weighted by Gasteiger charge is -2.21. The van der Waals surface area contributed by atoms with Crippen molar-refractivity contribution in [3.8, 4) is 0 Å². The number of allylic oxidation sites excluding steroid dienone is 5. The summed E-state index contributed by atoms with van der Waals surface area (Å²) >= 11 is 0. The van der Waals surface area contributed by atoms with E-state index < -0.39 is 24.2 Å². The molecule has 0 bridgehead atoms. The fourth-order valence-electron chi connectivity index (χ4n) is 5.22. The number of amides is 1. The van der Waals surface area contributed by atoms with Crippen LogP contribution in [0.1, 0.15) is 168 Å². The molecule has 5 nitrogen and oxygen atoms in total. The average Bonchev–Trinajstić information content (AvgIpc) is 2.99. The van der Waals surface area contributed by atoms with E-state index >= 15 is 0 Å². The molecule has 3 atom stereocenters. The smallest absolute Gasteiger partial charge is 0.249 e. The maximum absolute atomic E-state index is 12.3. The number of carbonyl (C=O) groups excluding carboxylic acids is 1. The Hall–Kier alpha value is -1.43. The molecule has 0 saturated carbocycles. The van der Waals surface area contributed by atoms with Gasteiger partial charge in [-0.15, -0.1) is 0 Å². The monoisotopic (exact) mass is 592 g/mol. The van der Waals surface area contributed by atoms with Crippen molar-refractivity contribution in [2.45, 2.75) is 186 Å². The summed E-state index contributed by atoms with van der Waals surface area (Å²) in [6.07, 6.45) is 39.0. The zero-order valence-electron chi connectivity index (χ0n) is 27.6. The van der Waals surface area contributed by atoms with Crippen LogP contribution >= 0.6 is 0 Å². The van der Waals surface area contributed by atoms with Gasteiger partial charge in [0, 0.05) is 0 Å². The van der Waals surface area contributed by atoms with Gasteiger partial charge in [0.1, 0.15) is 6.10 Å². The van der Waals surface area contributed by atoms with Crippen molar-refractivity contribution >= 4 is 5.91 Å². The zero-order chi connectivity index (χ0) is 30.9. The van der Waals surface area contributed by atoms with E-state index in [-0.39, 0.29) is 6.61 Å². The van der Waals surface area contributed by atoms with Crippen LogP contribution in [-0.2, 0) is 4.79 Å². The van der Waals surface area contributed by atoms with Crippen LogP contribution in [0.3, 0.4) is 0 Å². The van der Waals surface area contributed by atoms with Gasteiger partial charge < -0.3 is 20.6 Å². The third kappa shape index (κ3) is 27.4. The maximum Gasteiger partial charge on any atom is 0.249 e. The Morgan fingerprint density at radius 2 is 1.02 bits per heavy atom. The quantitative estimate of drug-likeness (QED) is 0.0478. The molecule has 246 valence electrons. The molecular formula is C37H69NO4. The first-order chi connectivity index (χ1) is 20.6. The summed E-state index contributed by atoms with van der Waals surface area (Å²) in [7, 11) is 0. The van der Waals surface area contributed by atoms with E-state index in [0.717, 1.165) is 44.9 Å². The van der Waals surface area contributed by atoms with E-state index in [1.54, 1.807) is 6.08 Å². The van der Waals surface area contributed by atoms with E-state index in [1.165, 1.54) is 103 Å². The summed E-state index contributed by atoms with van der Waals surface area (Å²) in [5.74, 6) is -0.520. The highest BCUT2D eigenvalue weighted by Gasteiger charge is 2.22. The predicted octanol–water partition coefficient (Wildman–Crippen LogP) is 9.26. The van der Waals surface area contributed by atoms with Gasteiger partial charge in [0.15, 0.2) is 0 Å². The van der Waals surface area contributed by atoms with Gasteiger partial charge in [-0.05, 0) is 39.0 Å². The lowest BCUT2D eigenvalue weighted by molar-refractivity contribution is -0.131. The molecule has 0 rings (SSSR count). The maximum atomic E-state index is 12.3. The van der Waals surface area contributed by atoms with Gasteiger partial charge in [-0.1, -0.05) is 165 Å². The number of aliphatic hydroxyl groups excluding tert-OH is 3. The molecule has 0 heterocycles. The fourth-order valence-corrected chi connectivity index (χ4v) is 5.22. The molecular weight excluding hydrogens is 522 g/mol. The molecule has 4 N–H and O–H groups in total. The van der Waals surface area contributed by atoms with Gasteiger partial charge >= 0.3 is 0 Å². The van der Waals surface area contributed by atoms with E-state index in [4.69, 9.17) is 0 Å². The topological polar surface area (TPSA) is 89.8 Å². The number of aliphatic hydroxyl groups is 3. The number of rotatable bonds is 31. The van der Waals surface area contributed by atoms with E-state index in [9.17, 15) is 20.1 Å². The summed E-state index contributed by atoms with van der Waals surface area (Å²) < 4.78 is 0. The molecule has 0 spiro atoms. The van der Waals surface area contributed by atoms with Crippen molar-refractivity contribution in [1.29, 1.82) is 0 Å². The highest BCUT2D eigenvalue weighted by Crippen LogP contribution is 2.15. The first-order valence-electron chi connectivity index (χ1n) is 17.8. The van der Waals surface area contributed by atoms with Gasteiger partial charge in [-0.3, -0.25) is 4.79 Å². The number of hydrogen-bond acceptors (Lipinski definition) is 4. The van der Waals surface area contributed by atoms with Crippen LogP contribution in [0.2, 0.25) is 0 Å². The second-order valence-electron chi connectivity index (χ2n) is 12.1. The molecule has 0 aliphatic heterocycles. The first-order valence-corrected chi connectivity index (χ1v) is 17.8.